The molecule has 1 atom stereocenters. The number of nitrogens with one attached hydrogen (secondary N) is 1. The van der Waals surface area contributed by atoms with E-state index in [4.69, 9.17) is 0 Å². The first kappa shape index (κ1) is 15.9. The van der Waals surface area contributed by atoms with Gasteiger partial charge in [0, 0.05) is 22.6 Å². The van der Waals surface area contributed by atoms with Gasteiger partial charge >= 0.3 is 0 Å². The summed E-state index contributed by atoms with van der Waals surface area (Å²) in [6.07, 6.45) is 2.36. The quantitative estimate of drug-likeness (QED) is 0.885. The van der Waals surface area contributed by atoms with Crippen LogP contribution in [0.3, 0.4) is 0 Å². The minimum absolute atomic E-state index is 0.196. The van der Waals surface area contributed by atoms with Gasteiger partial charge in [0.05, 0.1) is 0 Å². The van der Waals surface area contributed by atoms with E-state index in [-0.39, 0.29) is 11.9 Å². The summed E-state index contributed by atoms with van der Waals surface area (Å²) in [6, 6.07) is 6.35. The molecule has 0 radical (unpaired) electrons. The van der Waals surface area contributed by atoms with Crippen molar-refractivity contribution in [3.05, 3.63) is 34.1 Å². The van der Waals surface area contributed by atoms with Crippen LogP contribution in [0, 0.1) is 5.82 Å². The topological polar surface area (TPSA) is 15.3 Å². The summed E-state index contributed by atoms with van der Waals surface area (Å²) in [5, 5.41) is 3.68. The zero-order valence-corrected chi connectivity index (χ0v) is 14.1. The molecule has 4 heteroatoms. The van der Waals surface area contributed by atoms with Crippen LogP contribution in [-0.4, -0.2) is 30.1 Å². The molecule has 20 heavy (non-hydrogen) atoms. The Balaban J connectivity index is 1.90. The third kappa shape index (κ3) is 4.03. The molecule has 1 aliphatic rings. The molecule has 1 fully saturated rings. The summed E-state index contributed by atoms with van der Waals surface area (Å²) in [4.78, 5) is 2.52. The van der Waals surface area contributed by atoms with E-state index in [2.05, 4.69) is 46.9 Å². The van der Waals surface area contributed by atoms with E-state index in [1.54, 1.807) is 0 Å². The number of hydrogen-bond donors (Lipinski definition) is 1. The minimum atomic E-state index is -0.196. The monoisotopic (exact) mass is 342 g/mol. The van der Waals surface area contributed by atoms with Gasteiger partial charge in [-0.15, -0.1) is 0 Å². The van der Waals surface area contributed by atoms with Crippen molar-refractivity contribution in [2.45, 2.75) is 51.7 Å². The molecule has 1 saturated heterocycles. The first-order chi connectivity index (χ1) is 9.47. The second kappa shape index (κ2) is 7.01. The maximum absolute atomic E-state index is 13.1. The van der Waals surface area contributed by atoms with Crippen molar-refractivity contribution in [2.75, 3.05) is 13.1 Å². The third-order valence-electron chi connectivity index (χ3n) is 4.17. The largest absolute Gasteiger partial charge is 0.307 e. The van der Waals surface area contributed by atoms with Crippen LogP contribution in [0.2, 0.25) is 0 Å². The number of piperidine rings is 1. The zero-order valence-electron chi connectivity index (χ0n) is 12.5. The first-order valence-electron chi connectivity index (χ1n) is 7.42. The van der Waals surface area contributed by atoms with Gasteiger partial charge in [-0.1, -0.05) is 22.0 Å². The summed E-state index contributed by atoms with van der Waals surface area (Å²) in [5.41, 5.74) is 1.12. The second-order valence-electron chi connectivity index (χ2n) is 5.96. The average molecular weight is 343 g/mol. The summed E-state index contributed by atoms with van der Waals surface area (Å²) >= 11 is 3.45. The van der Waals surface area contributed by atoms with Crippen LogP contribution in [0.15, 0.2) is 22.7 Å². The maximum Gasteiger partial charge on any atom is 0.124 e. The summed E-state index contributed by atoms with van der Waals surface area (Å²) < 4.78 is 14.0. The Labute approximate surface area is 129 Å². The maximum atomic E-state index is 13.1. The molecule has 0 spiro atoms. The van der Waals surface area contributed by atoms with E-state index < -0.39 is 0 Å². The van der Waals surface area contributed by atoms with Gasteiger partial charge in [-0.25, -0.2) is 4.39 Å². The summed E-state index contributed by atoms with van der Waals surface area (Å²) in [7, 11) is 0. The lowest BCUT2D eigenvalue weighted by Gasteiger charge is -2.36. The predicted octanol–water partition coefficient (Wildman–Crippen LogP) is 4.11. The molecule has 0 aromatic heterocycles. The number of nitrogens with zero attached hydrogens (tertiary/aromatic N) is 1. The molecule has 2 rings (SSSR count). The van der Waals surface area contributed by atoms with Crippen molar-refractivity contribution in [3.8, 4) is 0 Å². The second-order valence-corrected chi connectivity index (χ2v) is 6.81. The van der Waals surface area contributed by atoms with E-state index >= 15 is 0 Å². The van der Waals surface area contributed by atoms with Crippen molar-refractivity contribution < 1.29 is 4.39 Å². The first-order valence-corrected chi connectivity index (χ1v) is 8.21. The number of likely N-dealkylation sites (tertiary alicyclic amines) is 1. The zero-order chi connectivity index (χ0) is 14.7. The highest BCUT2D eigenvalue weighted by atomic mass is 79.9. The van der Waals surface area contributed by atoms with E-state index in [9.17, 15) is 4.39 Å². The molecular formula is C16H24BrFN2. The average Bonchev–Trinajstić information content (AvgIpc) is 2.39. The van der Waals surface area contributed by atoms with Gasteiger partial charge in [-0.05, 0) is 64.4 Å². The minimum Gasteiger partial charge on any atom is -0.307 e. The van der Waals surface area contributed by atoms with Crippen LogP contribution in [0.4, 0.5) is 4.39 Å². The molecule has 0 bridgehead atoms. The van der Waals surface area contributed by atoms with Crippen molar-refractivity contribution in [1.29, 1.82) is 0 Å². The standard InChI is InChI=1S/C16H24BrFN2/c1-11(2)20-8-6-14(7-9-20)19-12(3)15-5-4-13(18)10-16(15)17/h4-5,10-12,14,19H,6-9H2,1-3H3. The molecule has 1 aliphatic heterocycles. The molecule has 1 aromatic carbocycles. The fourth-order valence-electron chi connectivity index (χ4n) is 2.88. The van der Waals surface area contributed by atoms with E-state index in [0.717, 1.165) is 23.1 Å². The van der Waals surface area contributed by atoms with Crippen LogP contribution in [0.5, 0.6) is 0 Å². The number of rotatable bonds is 4. The Hall–Kier alpha value is -0.450. The van der Waals surface area contributed by atoms with Crippen LogP contribution in [-0.2, 0) is 0 Å². The van der Waals surface area contributed by atoms with E-state index in [0.29, 0.717) is 12.1 Å². The lowest BCUT2D eigenvalue weighted by Crippen LogP contribution is -2.45. The molecular weight excluding hydrogens is 319 g/mol. The van der Waals surface area contributed by atoms with Crippen molar-refractivity contribution in [3.63, 3.8) is 0 Å². The molecule has 0 amide bonds. The van der Waals surface area contributed by atoms with Gasteiger partial charge in [-0.2, -0.15) is 0 Å². The highest BCUT2D eigenvalue weighted by Crippen LogP contribution is 2.25. The Kier molecular flexibility index (Phi) is 5.58. The van der Waals surface area contributed by atoms with Gasteiger partial charge in [0.25, 0.3) is 0 Å². The number of benzene rings is 1. The van der Waals surface area contributed by atoms with Gasteiger partial charge < -0.3 is 10.2 Å². The SMILES string of the molecule is CC(NC1CCN(C(C)C)CC1)c1ccc(F)cc1Br. The molecule has 1 heterocycles. The van der Waals surface area contributed by atoms with Crippen LogP contribution in [0.1, 0.15) is 45.2 Å². The molecule has 0 saturated carbocycles. The lowest BCUT2D eigenvalue weighted by molar-refractivity contribution is 0.157. The summed E-state index contributed by atoms with van der Waals surface area (Å²) in [5.74, 6) is -0.196. The highest BCUT2D eigenvalue weighted by molar-refractivity contribution is 9.10. The van der Waals surface area contributed by atoms with Gasteiger partial charge in [-0.3, -0.25) is 0 Å². The molecule has 1 N–H and O–H groups in total. The Morgan fingerprint density at radius 2 is 1.90 bits per heavy atom. The normalized spacial score (nSPS) is 19.5. The fourth-order valence-corrected chi connectivity index (χ4v) is 3.57. The van der Waals surface area contributed by atoms with Crippen molar-refractivity contribution in [2.24, 2.45) is 0 Å². The van der Waals surface area contributed by atoms with Crippen LogP contribution >= 0.6 is 15.9 Å². The molecule has 1 aromatic rings. The van der Waals surface area contributed by atoms with Crippen molar-refractivity contribution >= 4 is 15.9 Å². The van der Waals surface area contributed by atoms with Gasteiger partial charge in [0.2, 0.25) is 0 Å². The van der Waals surface area contributed by atoms with Crippen molar-refractivity contribution in [1.82, 2.24) is 10.2 Å². The molecule has 1 unspecified atom stereocenters. The van der Waals surface area contributed by atoms with Gasteiger partial charge in [0.1, 0.15) is 5.82 Å². The lowest BCUT2D eigenvalue weighted by atomic mass is 10.0. The predicted molar refractivity (Wildman–Crippen MR) is 85.4 cm³/mol. The van der Waals surface area contributed by atoms with Crippen LogP contribution < -0.4 is 5.32 Å². The Morgan fingerprint density at radius 1 is 1.25 bits per heavy atom. The Morgan fingerprint density at radius 3 is 2.45 bits per heavy atom. The molecule has 0 aliphatic carbocycles. The Bertz CT molecular complexity index is 442. The van der Waals surface area contributed by atoms with E-state index in [1.807, 2.05) is 6.07 Å². The molecule has 2 nitrogen and oxygen atoms in total. The third-order valence-corrected chi connectivity index (χ3v) is 4.86. The number of hydrogen-bond acceptors (Lipinski definition) is 2. The summed E-state index contributed by atoms with van der Waals surface area (Å²) in [6.45, 7) is 8.98. The van der Waals surface area contributed by atoms with Crippen LogP contribution in [0.25, 0.3) is 0 Å². The smallest absolute Gasteiger partial charge is 0.124 e. The fraction of sp³-hybridized carbons (Fsp3) is 0.625. The molecule has 112 valence electrons. The highest BCUT2D eigenvalue weighted by Gasteiger charge is 2.22. The van der Waals surface area contributed by atoms with E-state index in [1.165, 1.54) is 25.0 Å². The number of halogens is 2. The van der Waals surface area contributed by atoms with Gasteiger partial charge in [0.15, 0.2) is 0 Å².